The molecule has 0 radical (unpaired) electrons. The highest BCUT2D eigenvalue weighted by molar-refractivity contribution is 7.89. The minimum Gasteiger partial charge on any atom is -0.378 e. The summed E-state index contributed by atoms with van der Waals surface area (Å²) in [4.78, 5) is 20.6. The molecule has 134 valence electrons. The summed E-state index contributed by atoms with van der Waals surface area (Å²) in [6.07, 6.45) is 0. The van der Waals surface area contributed by atoms with E-state index in [-0.39, 0.29) is 10.6 Å². The molecule has 8 nitrogen and oxygen atoms in total. The highest BCUT2D eigenvalue weighted by Gasteiger charge is 2.19. The van der Waals surface area contributed by atoms with Crippen molar-refractivity contribution in [1.82, 2.24) is 15.2 Å². The zero-order valence-corrected chi connectivity index (χ0v) is 15.2. The summed E-state index contributed by atoms with van der Waals surface area (Å²) in [5.74, 6) is -0.605. The molecule has 2 heterocycles. The molecule has 0 spiro atoms. The molecule has 1 aromatic carbocycles. The first kappa shape index (κ1) is 17.8. The van der Waals surface area contributed by atoms with Crippen LogP contribution in [0.15, 0.2) is 34.5 Å². The van der Waals surface area contributed by atoms with Crippen molar-refractivity contribution in [3.63, 3.8) is 0 Å². The summed E-state index contributed by atoms with van der Waals surface area (Å²) in [7, 11) is -3.83. The maximum absolute atomic E-state index is 12.2. The number of nitrogens with zero attached hydrogens (tertiary/aromatic N) is 2. The van der Waals surface area contributed by atoms with Gasteiger partial charge in [-0.3, -0.25) is 10.2 Å². The van der Waals surface area contributed by atoms with Crippen molar-refractivity contribution >= 4 is 32.4 Å². The van der Waals surface area contributed by atoms with Crippen LogP contribution in [0.4, 0.5) is 5.13 Å². The Labute approximate surface area is 149 Å². The third-order valence-electron chi connectivity index (χ3n) is 3.64. The molecule has 0 atom stereocenters. The standard InChI is InChI=1S/C15H18N4O4S2/c1-11-2-4-12(5-3-11)25(21,22)18-17-14(20)13-10-24-15(16-13)19-6-8-23-9-7-19/h2-5,10,18H,6-9H2,1H3,(H,17,20). The number of hydrogen-bond donors (Lipinski definition) is 2. The fourth-order valence-electron chi connectivity index (χ4n) is 2.22. The maximum atomic E-state index is 12.2. The van der Waals surface area contributed by atoms with Gasteiger partial charge in [-0.05, 0) is 19.1 Å². The number of benzene rings is 1. The lowest BCUT2D eigenvalue weighted by atomic mass is 10.2. The zero-order chi connectivity index (χ0) is 17.9. The van der Waals surface area contributed by atoms with Gasteiger partial charge in [-0.25, -0.2) is 13.4 Å². The number of ether oxygens (including phenoxy) is 1. The number of carbonyl (C=O) groups is 1. The average molecular weight is 382 g/mol. The number of aromatic nitrogens is 1. The van der Waals surface area contributed by atoms with Crippen LogP contribution < -0.4 is 15.2 Å². The second-order valence-corrected chi connectivity index (χ2v) is 8.01. The Morgan fingerprint density at radius 2 is 1.92 bits per heavy atom. The predicted octanol–water partition coefficient (Wildman–Crippen LogP) is 0.911. The van der Waals surface area contributed by atoms with Crippen molar-refractivity contribution < 1.29 is 17.9 Å². The largest absolute Gasteiger partial charge is 0.378 e. The second kappa shape index (κ2) is 7.48. The minimum atomic E-state index is -3.83. The van der Waals surface area contributed by atoms with Gasteiger partial charge >= 0.3 is 0 Å². The number of nitrogens with one attached hydrogen (secondary N) is 2. The van der Waals surface area contributed by atoms with Gasteiger partial charge in [-0.1, -0.05) is 17.7 Å². The van der Waals surface area contributed by atoms with E-state index in [0.29, 0.717) is 26.3 Å². The molecule has 1 fully saturated rings. The van der Waals surface area contributed by atoms with Crippen molar-refractivity contribution in [2.45, 2.75) is 11.8 Å². The number of amides is 1. The number of hydrazine groups is 1. The van der Waals surface area contributed by atoms with E-state index < -0.39 is 15.9 Å². The molecule has 10 heteroatoms. The number of hydrogen-bond acceptors (Lipinski definition) is 7. The van der Waals surface area contributed by atoms with Gasteiger partial charge in [0.15, 0.2) is 5.13 Å². The van der Waals surface area contributed by atoms with E-state index in [0.717, 1.165) is 10.7 Å². The Bertz CT molecular complexity index is 843. The second-order valence-electron chi connectivity index (χ2n) is 5.49. The number of rotatable bonds is 5. The van der Waals surface area contributed by atoms with Crippen molar-refractivity contribution in [3.05, 3.63) is 40.9 Å². The summed E-state index contributed by atoms with van der Waals surface area (Å²) < 4.78 is 29.6. The van der Waals surface area contributed by atoms with E-state index in [9.17, 15) is 13.2 Å². The molecule has 1 aromatic heterocycles. The molecule has 1 aliphatic rings. The third kappa shape index (κ3) is 4.34. The van der Waals surface area contributed by atoms with E-state index in [1.165, 1.54) is 23.5 Å². The average Bonchev–Trinajstić information content (AvgIpc) is 3.11. The number of thiazole rings is 1. The molecular weight excluding hydrogens is 364 g/mol. The van der Waals surface area contributed by atoms with Crippen LogP contribution in [0.2, 0.25) is 0 Å². The summed E-state index contributed by atoms with van der Waals surface area (Å²) in [6.45, 7) is 4.54. The first-order chi connectivity index (χ1) is 12.0. The predicted molar refractivity (Wildman–Crippen MR) is 94.1 cm³/mol. The number of aryl methyl sites for hydroxylation is 1. The molecule has 0 bridgehead atoms. The van der Waals surface area contributed by atoms with Crippen LogP contribution in [-0.2, 0) is 14.8 Å². The van der Waals surface area contributed by atoms with Crippen LogP contribution in [0, 0.1) is 6.92 Å². The quantitative estimate of drug-likeness (QED) is 0.746. The topological polar surface area (TPSA) is 101 Å². The Balaban J connectivity index is 1.62. The summed E-state index contributed by atoms with van der Waals surface area (Å²) >= 11 is 1.34. The molecule has 2 aromatic rings. The lowest BCUT2D eigenvalue weighted by Gasteiger charge is -2.25. The van der Waals surface area contributed by atoms with Gasteiger partial charge in [0.2, 0.25) is 0 Å². The molecule has 1 aliphatic heterocycles. The zero-order valence-electron chi connectivity index (χ0n) is 13.6. The lowest BCUT2D eigenvalue weighted by Crippen LogP contribution is -2.41. The molecule has 0 unspecified atom stereocenters. The SMILES string of the molecule is Cc1ccc(S(=O)(=O)NNC(=O)c2csc(N3CCOCC3)n2)cc1. The van der Waals surface area contributed by atoms with Crippen molar-refractivity contribution in [2.75, 3.05) is 31.2 Å². The summed E-state index contributed by atoms with van der Waals surface area (Å²) in [6, 6.07) is 6.32. The van der Waals surface area contributed by atoms with Crippen molar-refractivity contribution in [3.8, 4) is 0 Å². The first-order valence-electron chi connectivity index (χ1n) is 7.63. The Morgan fingerprint density at radius 1 is 1.24 bits per heavy atom. The van der Waals surface area contributed by atoms with Gasteiger partial charge in [0.1, 0.15) is 5.69 Å². The highest BCUT2D eigenvalue weighted by Crippen LogP contribution is 2.21. The highest BCUT2D eigenvalue weighted by atomic mass is 32.2. The lowest BCUT2D eigenvalue weighted by molar-refractivity contribution is 0.0940. The number of morpholine rings is 1. The van der Waals surface area contributed by atoms with E-state index in [1.807, 2.05) is 11.8 Å². The van der Waals surface area contributed by atoms with E-state index in [1.54, 1.807) is 17.5 Å². The molecule has 0 aliphatic carbocycles. The van der Waals surface area contributed by atoms with Gasteiger partial charge < -0.3 is 9.64 Å². The molecule has 25 heavy (non-hydrogen) atoms. The number of anilines is 1. The van der Waals surface area contributed by atoms with Gasteiger partial charge in [-0.15, -0.1) is 16.2 Å². The third-order valence-corrected chi connectivity index (χ3v) is 5.80. The minimum absolute atomic E-state index is 0.0747. The van der Waals surface area contributed by atoms with E-state index >= 15 is 0 Å². The van der Waals surface area contributed by atoms with Gasteiger partial charge in [0.05, 0.1) is 18.1 Å². The number of carbonyl (C=O) groups excluding carboxylic acids is 1. The van der Waals surface area contributed by atoms with Crippen LogP contribution in [0.1, 0.15) is 16.1 Å². The fourth-order valence-corrected chi connectivity index (χ4v) is 3.92. The maximum Gasteiger partial charge on any atom is 0.285 e. The first-order valence-corrected chi connectivity index (χ1v) is 9.99. The van der Waals surface area contributed by atoms with Crippen LogP contribution in [0.25, 0.3) is 0 Å². The van der Waals surface area contributed by atoms with Crippen LogP contribution in [0.5, 0.6) is 0 Å². The number of sulfonamides is 1. The van der Waals surface area contributed by atoms with E-state index in [4.69, 9.17) is 4.74 Å². The fraction of sp³-hybridized carbons (Fsp3) is 0.333. The van der Waals surface area contributed by atoms with Crippen LogP contribution >= 0.6 is 11.3 Å². The summed E-state index contributed by atoms with van der Waals surface area (Å²) in [5, 5.41) is 2.31. The molecule has 1 amide bonds. The smallest absolute Gasteiger partial charge is 0.285 e. The van der Waals surface area contributed by atoms with Gasteiger partial charge in [0, 0.05) is 18.5 Å². The van der Waals surface area contributed by atoms with Crippen LogP contribution in [0.3, 0.4) is 0 Å². The molecule has 1 saturated heterocycles. The Morgan fingerprint density at radius 3 is 2.60 bits per heavy atom. The Kier molecular flexibility index (Phi) is 5.33. The van der Waals surface area contributed by atoms with Crippen molar-refractivity contribution in [2.24, 2.45) is 0 Å². The molecule has 2 N–H and O–H groups in total. The molecular formula is C15H18N4O4S2. The van der Waals surface area contributed by atoms with Crippen molar-refractivity contribution in [1.29, 1.82) is 0 Å². The molecule has 3 rings (SSSR count). The normalized spacial score (nSPS) is 15.2. The Hall–Kier alpha value is -2.01. The molecule has 0 saturated carbocycles. The summed E-state index contributed by atoms with van der Waals surface area (Å²) in [5.41, 5.74) is 3.30. The monoisotopic (exact) mass is 382 g/mol. The van der Waals surface area contributed by atoms with Gasteiger partial charge in [-0.2, -0.15) is 0 Å². The van der Waals surface area contributed by atoms with Gasteiger partial charge in [0.25, 0.3) is 15.9 Å². The van der Waals surface area contributed by atoms with E-state index in [2.05, 4.69) is 15.2 Å². The van der Waals surface area contributed by atoms with Crippen LogP contribution in [-0.4, -0.2) is 45.6 Å².